The second kappa shape index (κ2) is 11.0. The van der Waals surface area contributed by atoms with E-state index in [2.05, 4.69) is 4.90 Å². The summed E-state index contributed by atoms with van der Waals surface area (Å²) in [4.78, 5) is 27.0. The first kappa shape index (κ1) is 22.9. The van der Waals surface area contributed by atoms with Crippen LogP contribution in [0.5, 0.6) is 5.75 Å². The molecule has 0 aliphatic carbocycles. The summed E-state index contributed by atoms with van der Waals surface area (Å²) in [5.41, 5.74) is 2.65. The van der Waals surface area contributed by atoms with Crippen LogP contribution in [0, 0.1) is 0 Å². The monoisotopic (exact) mass is 446 g/mol. The van der Waals surface area contributed by atoms with Gasteiger partial charge in [0.05, 0.1) is 13.0 Å². The van der Waals surface area contributed by atoms with Crippen LogP contribution in [0.25, 0.3) is 0 Å². The maximum atomic E-state index is 11.9. The summed E-state index contributed by atoms with van der Waals surface area (Å²) < 4.78 is 11.1. The van der Waals surface area contributed by atoms with Gasteiger partial charge in [-0.3, -0.25) is 9.69 Å². The maximum absolute atomic E-state index is 11.9. The number of hydrogen-bond donors (Lipinski definition) is 1. The second-order valence-electron chi connectivity index (χ2n) is 7.39. The quantitative estimate of drug-likeness (QED) is 0.664. The van der Waals surface area contributed by atoms with Crippen molar-refractivity contribution < 1.29 is 24.2 Å². The summed E-state index contributed by atoms with van der Waals surface area (Å²) >= 11 is 5.94. The first-order chi connectivity index (χ1) is 14.9. The minimum atomic E-state index is -0.871. The highest BCUT2D eigenvalue weighted by Gasteiger charge is 2.23. The second-order valence-corrected chi connectivity index (χ2v) is 7.83. The van der Waals surface area contributed by atoms with Crippen molar-refractivity contribution in [1.82, 2.24) is 9.80 Å². The molecule has 0 aromatic heterocycles. The lowest BCUT2D eigenvalue weighted by Crippen LogP contribution is -2.48. The lowest BCUT2D eigenvalue weighted by atomic mass is 10.1. The van der Waals surface area contributed by atoms with Gasteiger partial charge in [0, 0.05) is 43.3 Å². The minimum absolute atomic E-state index is 0.0406. The number of aliphatic carboxylic acids is 1. The van der Waals surface area contributed by atoms with Gasteiger partial charge in [0.1, 0.15) is 12.4 Å². The van der Waals surface area contributed by atoms with Crippen molar-refractivity contribution in [2.75, 3.05) is 32.8 Å². The Morgan fingerprint density at radius 3 is 2.35 bits per heavy atom. The number of benzene rings is 2. The van der Waals surface area contributed by atoms with Gasteiger partial charge in [0.25, 0.3) is 0 Å². The molecule has 0 unspecified atom stereocenters. The van der Waals surface area contributed by atoms with E-state index in [4.69, 9.17) is 26.2 Å². The van der Waals surface area contributed by atoms with Crippen molar-refractivity contribution in [3.05, 3.63) is 64.2 Å². The molecule has 7 nitrogen and oxygen atoms in total. The number of piperazine rings is 1. The number of ether oxygens (including phenoxy) is 2. The number of amides is 1. The Labute approximate surface area is 187 Å². The Morgan fingerprint density at radius 1 is 1.03 bits per heavy atom. The largest absolute Gasteiger partial charge is 0.489 e. The Bertz CT molecular complexity index is 895. The van der Waals surface area contributed by atoms with Gasteiger partial charge in [-0.25, -0.2) is 4.79 Å². The first-order valence-corrected chi connectivity index (χ1v) is 10.7. The summed E-state index contributed by atoms with van der Waals surface area (Å²) in [6.45, 7) is 5.76. The summed E-state index contributed by atoms with van der Waals surface area (Å²) in [6.07, 6.45) is -0.321. The average molecular weight is 447 g/mol. The van der Waals surface area contributed by atoms with E-state index in [9.17, 15) is 9.59 Å². The van der Waals surface area contributed by atoms with Gasteiger partial charge in [-0.2, -0.15) is 0 Å². The highest BCUT2D eigenvalue weighted by atomic mass is 35.5. The number of carboxylic acid groups (broad SMARTS) is 1. The van der Waals surface area contributed by atoms with Crippen molar-refractivity contribution in [3.63, 3.8) is 0 Å². The molecule has 3 rings (SSSR count). The van der Waals surface area contributed by atoms with E-state index in [1.807, 2.05) is 36.4 Å². The van der Waals surface area contributed by atoms with E-state index in [-0.39, 0.29) is 12.5 Å². The number of halogens is 1. The zero-order valence-corrected chi connectivity index (χ0v) is 18.3. The third-order valence-corrected chi connectivity index (χ3v) is 5.33. The fourth-order valence-electron chi connectivity index (χ4n) is 3.47. The molecule has 166 valence electrons. The number of rotatable bonds is 8. The molecule has 8 heteroatoms. The normalized spacial score (nSPS) is 14.3. The third-order valence-electron chi connectivity index (χ3n) is 5.08. The summed E-state index contributed by atoms with van der Waals surface area (Å²) in [7, 11) is 0. The van der Waals surface area contributed by atoms with E-state index in [1.54, 1.807) is 17.9 Å². The average Bonchev–Trinajstić information content (AvgIpc) is 2.74. The van der Waals surface area contributed by atoms with Crippen molar-refractivity contribution in [2.45, 2.75) is 26.5 Å². The van der Waals surface area contributed by atoms with E-state index < -0.39 is 5.97 Å². The first-order valence-electron chi connectivity index (χ1n) is 10.3. The van der Waals surface area contributed by atoms with Crippen LogP contribution in [0.15, 0.2) is 42.5 Å². The van der Waals surface area contributed by atoms with Crippen LogP contribution in [-0.2, 0) is 29.1 Å². The highest BCUT2D eigenvalue weighted by Crippen LogP contribution is 2.24. The fourth-order valence-corrected chi connectivity index (χ4v) is 3.59. The summed E-state index contributed by atoms with van der Waals surface area (Å²) in [5, 5.41) is 9.82. The molecule has 1 N–H and O–H groups in total. The van der Waals surface area contributed by atoms with Gasteiger partial charge in [-0.05, 0) is 36.2 Å². The predicted molar refractivity (Wildman–Crippen MR) is 117 cm³/mol. The van der Waals surface area contributed by atoms with E-state index in [0.717, 1.165) is 22.4 Å². The molecular weight excluding hydrogens is 420 g/mol. The molecule has 0 bridgehead atoms. The molecule has 0 spiro atoms. The van der Waals surface area contributed by atoms with E-state index in [0.29, 0.717) is 51.0 Å². The van der Waals surface area contributed by atoms with Gasteiger partial charge in [-0.15, -0.1) is 0 Å². The number of nitrogens with zero attached hydrogens (tertiary/aromatic N) is 2. The third kappa shape index (κ3) is 6.87. The smallest absolute Gasteiger partial charge is 0.409 e. The maximum Gasteiger partial charge on any atom is 0.409 e. The van der Waals surface area contributed by atoms with Crippen molar-refractivity contribution >= 4 is 23.7 Å². The lowest BCUT2D eigenvalue weighted by molar-refractivity contribution is -0.136. The zero-order chi connectivity index (χ0) is 22.2. The fraction of sp³-hybridized carbons (Fsp3) is 0.391. The minimum Gasteiger partial charge on any atom is -0.489 e. The Balaban J connectivity index is 1.68. The van der Waals surface area contributed by atoms with Gasteiger partial charge in [0.15, 0.2) is 0 Å². The van der Waals surface area contributed by atoms with Crippen molar-refractivity contribution in [2.24, 2.45) is 0 Å². The zero-order valence-electron chi connectivity index (χ0n) is 17.6. The van der Waals surface area contributed by atoms with Crippen molar-refractivity contribution in [3.8, 4) is 5.75 Å². The van der Waals surface area contributed by atoms with Crippen molar-refractivity contribution in [1.29, 1.82) is 0 Å². The topological polar surface area (TPSA) is 79.3 Å². The molecule has 1 aliphatic heterocycles. The lowest BCUT2D eigenvalue weighted by Gasteiger charge is -2.34. The van der Waals surface area contributed by atoms with Gasteiger partial charge < -0.3 is 19.5 Å². The summed E-state index contributed by atoms with van der Waals surface area (Å²) in [6, 6.07) is 13.0. The number of hydrogen-bond acceptors (Lipinski definition) is 5. The Kier molecular flexibility index (Phi) is 8.14. The molecule has 1 amide bonds. The van der Waals surface area contributed by atoms with Crippen LogP contribution in [0.3, 0.4) is 0 Å². The molecule has 0 radical (unpaired) electrons. The Morgan fingerprint density at radius 2 is 1.71 bits per heavy atom. The molecular formula is C23H27ClN2O5. The molecule has 0 atom stereocenters. The van der Waals surface area contributed by atoms with Crippen LogP contribution in [0.4, 0.5) is 4.79 Å². The van der Waals surface area contributed by atoms with Crippen LogP contribution >= 0.6 is 11.6 Å². The standard InChI is InChI=1S/C23H27ClN2O5/c1-2-30-23(29)26-11-9-25(10-12-26)15-19-13-18(14-22(27)28)5-8-21(19)31-16-17-3-6-20(24)7-4-17/h3-8,13H,2,9-12,14-16H2,1H3,(H,27,28). The predicted octanol–water partition coefficient (Wildman–Crippen LogP) is 3.82. The molecule has 2 aromatic rings. The van der Waals surface area contributed by atoms with E-state index >= 15 is 0 Å². The molecule has 1 aliphatic rings. The van der Waals surface area contributed by atoms with Gasteiger partial charge in [-0.1, -0.05) is 35.9 Å². The number of carbonyl (C=O) groups is 2. The summed E-state index contributed by atoms with van der Waals surface area (Å²) in [5.74, 6) is -0.152. The van der Waals surface area contributed by atoms with Crippen LogP contribution < -0.4 is 4.74 Å². The van der Waals surface area contributed by atoms with Crippen LogP contribution in [0.2, 0.25) is 5.02 Å². The Hall–Kier alpha value is -2.77. The van der Waals surface area contributed by atoms with Crippen LogP contribution in [0.1, 0.15) is 23.6 Å². The molecule has 2 aromatic carbocycles. The van der Waals surface area contributed by atoms with Gasteiger partial charge >= 0.3 is 12.1 Å². The molecule has 31 heavy (non-hydrogen) atoms. The molecule has 1 saturated heterocycles. The van der Waals surface area contributed by atoms with Crippen LogP contribution in [-0.4, -0.2) is 59.8 Å². The highest BCUT2D eigenvalue weighted by molar-refractivity contribution is 6.30. The van der Waals surface area contributed by atoms with E-state index in [1.165, 1.54) is 0 Å². The number of carbonyl (C=O) groups excluding carboxylic acids is 1. The SMILES string of the molecule is CCOC(=O)N1CCN(Cc2cc(CC(=O)O)ccc2OCc2ccc(Cl)cc2)CC1. The molecule has 1 heterocycles. The molecule has 1 fully saturated rings. The molecule has 0 saturated carbocycles. The van der Waals surface area contributed by atoms with Gasteiger partial charge in [0.2, 0.25) is 0 Å². The number of carboxylic acids is 1.